The van der Waals surface area contributed by atoms with Crippen LogP contribution >= 0.6 is 0 Å². The molecule has 0 unspecified atom stereocenters. The monoisotopic (exact) mass is 260 g/mol. The van der Waals surface area contributed by atoms with E-state index >= 15 is 0 Å². The molecule has 0 N–H and O–H groups in total. The minimum Gasteiger partial charge on any atom is -0.469 e. The smallest absolute Gasteiger partial charge is 0.309 e. The molecule has 19 heavy (non-hydrogen) atoms. The van der Waals surface area contributed by atoms with E-state index in [2.05, 4.69) is 4.74 Å². The van der Waals surface area contributed by atoms with Crippen LogP contribution in [0.25, 0.3) is 0 Å². The summed E-state index contributed by atoms with van der Waals surface area (Å²) in [6.07, 6.45) is 0.229. The summed E-state index contributed by atoms with van der Waals surface area (Å²) >= 11 is 0. The van der Waals surface area contributed by atoms with Gasteiger partial charge >= 0.3 is 5.97 Å². The highest BCUT2D eigenvalue weighted by Crippen LogP contribution is 2.21. The standard InChI is InChI=1S/C15H13FO3/c1-18-15(17)10-11-2-6-13(7-3-11)19-14-8-4-12(16)5-9-14/h2-9H,10H2,1H3. The molecule has 0 aromatic heterocycles. The Bertz CT molecular complexity index is 547. The van der Waals surface area contributed by atoms with Crippen molar-refractivity contribution in [1.82, 2.24) is 0 Å². The first-order valence-corrected chi connectivity index (χ1v) is 5.76. The van der Waals surface area contributed by atoms with Crippen molar-refractivity contribution in [2.75, 3.05) is 7.11 Å². The summed E-state index contributed by atoms with van der Waals surface area (Å²) in [6, 6.07) is 12.9. The lowest BCUT2D eigenvalue weighted by Gasteiger charge is -2.06. The first kappa shape index (κ1) is 13.1. The second-order valence-electron chi connectivity index (χ2n) is 3.95. The van der Waals surface area contributed by atoms with Gasteiger partial charge in [-0.05, 0) is 42.0 Å². The van der Waals surface area contributed by atoms with Gasteiger partial charge in [0.05, 0.1) is 13.5 Å². The van der Waals surface area contributed by atoms with Gasteiger partial charge in [0.2, 0.25) is 0 Å². The molecule has 0 aliphatic heterocycles. The number of hydrogen-bond donors (Lipinski definition) is 0. The Morgan fingerprint density at radius 1 is 1.00 bits per heavy atom. The van der Waals surface area contributed by atoms with E-state index in [0.717, 1.165) is 5.56 Å². The number of ether oxygens (including phenoxy) is 2. The van der Waals surface area contributed by atoms with E-state index in [1.807, 2.05) is 0 Å². The number of benzene rings is 2. The summed E-state index contributed by atoms with van der Waals surface area (Å²) in [5.41, 5.74) is 0.846. The molecule has 0 spiro atoms. The van der Waals surface area contributed by atoms with Gasteiger partial charge in [0, 0.05) is 0 Å². The molecule has 0 saturated carbocycles. The highest BCUT2D eigenvalue weighted by atomic mass is 19.1. The van der Waals surface area contributed by atoms with Crippen LogP contribution in [0.5, 0.6) is 11.5 Å². The van der Waals surface area contributed by atoms with Crippen molar-refractivity contribution in [3.63, 3.8) is 0 Å². The van der Waals surface area contributed by atoms with Crippen molar-refractivity contribution in [3.8, 4) is 11.5 Å². The minimum absolute atomic E-state index is 0.229. The van der Waals surface area contributed by atoms with Crippen LogP contribution in [0.2, 0.25) is 0 Å². The van der Waals surface area contributed by atoms with Crippen LogP contribution in [0.1, 0.15) is 5.56 Å². The number of carbonyl (C=O) groups excluding carboxylic acids is 1. The molecule has 0 radical (unpaired) electrons. The van der Waals surface area contributed by atoms with Gasteiger partial charge in [0.15, 0.2) is 0 Å². The number of halogens is 1. The quantitative estimate of drug-likeness (QED) is 0.791. The average molecular weight is 260 g/mol. The van der Waals surface area contributed by atoms with Gasteiger partial charge < -0.3 is 9.47 Å². The van der Waals surface area contributed by atoms with Crippen LogP contribution in [0.4, 0.5) is 4.39 Å². The fourth-order valence-electron chi connectivity index (χ4n) is 1.55. The van der Waals surface area contributed by atoms with E-state index in [4.69, 9.17) is 4.74 Å². The molecular formula is C15H13FO3. The van der Waals surface area contributed by atoms with Crippen LogP contribution in [0, 0.1) is 5.82 Å². The Morgan fingerprint density at radius 3 is 2.05 bits per heavy atom. The maximum Gasteiger partial charge on any atom is 0.309 e. The molecule has 98 valence electrons. The van der Waals surface area contributed by atoms with E-state index in [0.29, 0.717) is 11.5 Å². The summed E-state index contributed by atoms with van der Waals surface area (Å²) in [6.45, 7) is 0. The lowest BCUT2D eigenvalue weighted by molar-refractivity contribution is -0.139. The number of hydrogen-bond acceptors (Lipinski definition) is 3. The van der Waals surface area contributed by atoms with Gasteiger partial charge in [-0.2, -0.15) is 0 Å². The molecular weight excluding hydrogens is 247 g/mol. The summed E-state index contributed by atoms with van der Waals surface area (Å²) in [5, 5.41) is 0. The van der Waals surface area contributed by atoms with Crippen LogP contribution < -0.4 is 4.74 Å². The lowest BCUT2D eigenvalue weighted by Crippen LogP contribution is -2.04. The van der Waals surface area contributed by atoms with Crippen molar-refractivity contribution < 1.29 is 18.7 Å². The largest absolute Gasteiger partial charge is 0.469 e. The summed E-state index contributed by atoms with van der Waals surface area (Å²) < 4.78 is 22.9. The maximum atomic E-state index is 12.7. The topological polar surface area (TPSA) is 35.5 Å². The predicted molar refractivity (Wildman–Crippen MR) is 68.6 cm³/mol. The van der Waals surface area contributed by atoms with E-state index < -0.39 is 0 Å². The molecule has 0 atom stereocenters. The number of carbonyl (C=O) groups is 1. The molecule has 0 aliphatic rings. The first-order chi connectivity index (χ1) is 9.17. The Morgan fingerprint density at radius 2 is 1.53 bits per heavy atom. The van der Waals surface area contributed by atoms with Crippen molar-refractivity contribution in [2.24, 2.45) is 0 Å². The predicted octanol–water partition coefficient (Wildman–Crippen LogP) is 3.33. The third-order valence-electron chi connectivity index (χ3n) is 2.55. The second-order valence-corrected chi connectivity index (χ2v) is 3.95. The van der Waals surface area contributed by atoms with E-state index in [1.54, 1.807) is 36.4 Å². The fourth-order valence-corrected chi connectivity index (χ4v) is 1.55. The van der Waals surface area contributed by atoms with Crippen LogP contribution in [-0.4, -0.2) is 13.1 Å². The molecule has 2 aromatic carbocycles. The van der Waals surface area contributed by atoms with E-state index in [9.17, 15) is 9.18 Å². The van der Waals surface area contributed by atoms with Crippen molar-refractivity contribution >= 4 is 5.97 Å². The summed E-state index contributed by atoms with van der Waals surface area (Å²) in [5.74, 6) is 0.593. The molecule has 3 nitrogen and oxygen atoms in total. The molecule has 0 saturated heterocycles. The SMILES string of the molecule is COC(=O)Cc1ccc(Oc2ccc(F)cc2)cc1. The fraction of sp³-hybridized carbons (Fsp3) is 0.133. The Labute approximate surface area is 110 Å². The third-order valence-corrected chi connectivity index (χ3v) is 2.55. The normalized spacial score (nSPS) is 10.0. The van der Waals surface area contributed by atoms with Gasteiger partial charge in [-0.25, -0.2) is 4.39 Å². The lowest BCUT2D eigenvalue weighted by atomic mass is 10.1. The zero-order chi connectivity index (χ0) is 13.7. The highest BCUT2D eigenvalue weighted by Gasteiger charge is 2.03. The van der Waals surface area contributed by atoms with Crippen LogP contribution in [-0.2, 0) is 16.0 Å². The Balaban J connectivity index is 2.02. The van der Waals surface area contributed by atoms with E-state index in [1.165, 1.54) is 19.2 Å². The Hall–Kier alpha value is -2.36. The molecule has 0 fully saturated rings. The summed E-state index contributed by atoms with van der Waals surface area (Å²) in [7, 11) is 1.36. The molecule has 2 aromatic rings. The molecule has 2 rings (SSSR count). The number of rotatable bonds is 4. The van der Waals surface area contributed by atoms with E-state index in [-0.39, 0.29) is 18.2 Å². The maximum absolute atomic E-state index is 12.7. The molecule has 0 heterocycles. The number of esters is 1. The molecule has 0 amide bonds. The molecule has 0 aliphatic carbocycles. The van der Waals surface area contributed by atoms with Gasteiger partial charge in [-0.1, -0.05) is 12.1 Å². The van der Waals surface area contributed by atoms with Crippen LogP contribution in [0.3, 0.4) is 0 Å². The summed E-state index contributed by atoms with van der Waals surface area (Å²) in [4.78, 5) is 11.1. The first-order valence-electron chi connectivity index (χ1n) is 5.76. The zero-order valence-corrected chi connectivity index (χ0v) is 10.4. The second kappa shape index (κ2) is 6.00. The van der Waals surface area contributed by atoms with Gasteiger partial charge in [-0.3, -0.25) is 4.79 Å². The number of methoxy groups -OCH3 is 1. The molecule has 0 bridgehead atoms. The third kappa shape index (κ3) is 3.81. The van der Waals surface area contributed by atoms with Crippen LogP contribution in [0.15, 0.2) is 48.5 Å². The van der Waals surface area contributed by atoms with Gasteiger partial charge in [-0.15, -0.1) is 0 Å². The van der Waals surface area contributed by atoms with Crippen molar-refractivity contribution in [1.29, 1.82) is 0 Å². The Kier molecular flexibility index (Phi) is 4.13. The average Bonchev–Trinajstić information content (AvgIpc) is 2.43. The zero-order valence-electron chi connectivity index (χ0n) is 10.4. The van der Waals surface area contributed by atoms with Gasteiger partial charge in [0.1, 0.15) is 17.3 Å². The van der Waals surface area contributed by atoms with Gasteiger partial charge in [0.25, 0.3) is 0 Å². The van der Waals surface area contributed by atoms with Crippen molar-refractivity contribution in [3.05, 3.63) is 59.9 Å². The molecule has 4 heteroatoms. The van der Waals surface area contributed by atoms with Crippen molar-refractivity contribution in [2.45, 2.75) is 6.42 Å². The minimum atomic E-state index is -0.305. The highest BCUT2D eigenvalue weighted by molar-refractivity contribution is 5.72.